The molecule has 0 unspecified atom stereocenters. The van der Waals surface area contributed by atoms with Crippen LogP contribution in [0.5, 0.6) is 5.75 Å². The highest BCUT2D eigenvalue weighted by Gasteiger charge is 2.08. The number of hydrogen-bond donors (Lipinski definition) is 0. The van der Waals surface area contributed by atoms with E-state index in [4.69, 9.17) is 0 Å². The fraction of sp³-hybridized carbons (Fsp3) is 0.0769. The third-order valence-corrected chi connectivity index (χ3v) is 4.75. The van der Waals surface area contributed by atoms with E-state index in [0.29, 0.717) is 17.2 Å². The quantitative estimate of drug-likeness (QED) is 0.290. The monoisotopic (exact) mass is 442 g/mol. The summed E-state index contributed by atoms with van der Waals surface area (Å²) >= 11 is 0. The fourth-order valence-corrected chi connectivity index (χ4v) is 2.97. The molecule has 0 fully saturated rings. The van der Waals surface area contributed by atoms with Gasteiger partial charge in [-0.1, -0.05) is 66.2 Å². The smallest absolute Gasteiger partial charge is 0.175 e. The summed E-state index contributed by atoms with van der Waals surface area (Å²) in [5, 5.41) is 0. The molecule has 0 N–H and O–H groups in total. The normalized spacial score (nSPS) is 10.3. The van der Waals surface area contributed by atoms with E-state index in [-0.39, 0.29) is 11.6 Å². The summed E-state index contributed by atoms with van der Waals surface area (Å²) in [5.74, 6) is -2.78. The van der Waals surface area contributed by atoms with Crippen molar-refractivity contribution >= 4 is 0 Å². The first-order valence-electron chi connectivity index (χ1n) is 9.66. The molecule has 0 spiro atoms. The van der Waals surface area contributed by atoms with Crippen molar-refractivity contribution in [3.8, 4) is 28.0 Å². The Labute approximate surface area is 182 Å². The molecule has 0 aliphatic heterocycles. The van der Waals surface area contributed by atoms with E-state index >= 15 is 0 Å². The van der Waals surface area contributed by atoms with Crippen LogP contribution < -0.4 is 4.94 Å². The Balaban J connectivity index is 0.000000243. The lowest BCUT2D eigenvalue weighted by molar-refractivity contribution is -0.00667. The second-order valence-corrected chi connectivity index (χ2v) is 7.04. The van der Waals surface area contributed by atoms with Gasteiger partial charge in [0, 0.05) is 16.2 Å². The molecule has 0 heterocycles. The van der Waals surface area contributed by atoms with Crippen molar-refractivity contribution in [2.24, 2.45) is 0 Å². The highest BCUT2D eigenvalue weighted by atomic mass is 19.3. The molecule has 164 valence electrons. The first-order chi connectivity index (χ1) is 15.4. The van der Waals surface area contributed by atoms with Crippen LogP contribution in [0.1, 0.15) is 11.1 Å². The van der Waals surface area contributed by atoms with E-state index in [9.17, 15) is 22.1 Å². The minimum atomic E-state index is -1.13. The Morgan fingerprint density at radius 2 is 1.25 bits per heavy atom. The van der Waals surface area contributed by atoms with Gasteiger partial charge in [0.05, 0.1) is 0 Å². The second-order valence-electron chi connectivity index (χ2n) is 7.04. The van der Waals surface area contributed by atoms with Crippen LogP contribution in [0.25, 0.3) is 22.3 Å². The second kappa shape index (κ2) is 10.6. The summed E-state index contributed by atoms with van der Waals surface area (Å²) in [6.45, 7) is 1.52. The van der Waals surface area contributed by atoms with E-state index in [2.05, 4.69) is 4.94 Å². The summed E-state index contributed by atoms with van der Waals surface area (Å²) in [7, 11) is 0. The maximum atomic E-state index is 14.4. The Kier molecular flexibility index (Phi) is 7.60. The van der Waals surface area contributed by atoms with Gasteiger partial charge in [0.15, 0.2) is 17.4 Å². The molecule has 6 heteroatoms. The highest BCUT2D eigenvalue weighted by Crippen LogP contribution is 2.28. The van der Waals surface area contributed by atoms with E-state index in [0.717, 1.165) is 28.8 Å². The predicted molar refractivity (Wildman–Crippen MR) is 115 cm³/mol. The van der Waals surface area contributed by atoms with Crippen molar-refractivity contribution in [2.45, 2.75) is 13.6 Å². The summed E-state index contributed by atoms with van der Waals surface area (Å²) < 4.78 is 62.4. The molecule has 0 bridgehead atoms. The van der Waals surface area contributed by atoms with Gasteiger partial charge in [-0.15, -0.1) is 0 Å². The molecule has 4 aromatic rings. The van der Waals surface area contributed by atoms with Gasteiger partial charge in [0.2, 0.25) is 0 Å². The van der Waals surface area contributed by atoms with Gasteiger partial charge in [0.1, 0.15) is 12.5 Å². The third-order valence-electron chi connectivity index (χ3n) is 4.75. The lowest BCUT2D eigenvalue weighted by Gasteiger charge is -2.08. The summed E-state index contributed by atoms with van der Waals surface area (Å²) in [6.07, 6.45) is 0. The molecule has 4 aromatic carbocycles. The van der Waals surface area contributed by atoms with Crippen molar-refractivity contribution < 1.29 is 27.0 Å². The molecule has 4 rings (SSSR count). The maximum Gasteiger partial charge on any atom is 0.175 e. The standard InChI is InChI=1S/C20H16F2.C6H3F3O/c1-14-2-6-16(7-3-14)18-10-11-19(20(22)12-18)17-8-4-15(13-21)5-9-17;7-5-2-1-4(10-9)3-6(5)8/h2-12H,13H2,1H3;1-3H. The number of alkyl halides is 1. The summed E-state index contributed by atoms with van der Waals surface area (Å²) in [5.41, 5.74) is 4.89. The van der Waals surface area contributed by atoms with Gasteiger partial charge in [0.25, 0.3) is 0 Å². The van der Waals surface area contributed by atoms with Crippen molar-refractivity contribution in [1.29, 1.82) is 0 Å². The van der Waals surface area contributed by atoms with Crippen molar-refractivity contribution in [3.05, 3.63) is 114 Å². The molecule has 0 aliphatic carbocycles. The molecule has 0 aliphatic rings. The molecule has 0 amide bonds. The fourth-order valence-electron chi connectivity index (χ4n) is 2.97. The van der Waals surface area contributed by atoms with Crippen molar-refractivity contribution in [1.82, 2.24) is 0 Å². The minimum Gasteiger partial charge on any atom is -0.294 e. The Morgan fingerprint density at radius 1 is 0.625 bits per heavy atom. The van der Waals surface area contributed by atoms with Crippen LogP contribution in [-0.4, -0.2) is 0 Å². The van der Waals surface area contributed by atoms with Gasteiger partial charge in [-0.25, -0.2) is 17.6 Å². The molecule has 0 saturated carbocycles. The highest BCUT2D eigenvalue weighted by molar-refractivity contribution is 5.71. The van der Waals surface area contributed by atoms with E-state index in [1.54, 1.807) is 36.4 Å². The lowest BCUT2D eigenvalue weighted by Crippen LogP contribution is -1.87. The zero-order valence-electron chi connectivity index (χ0n) is 17.1. The zero-order chi connectivity index (χ0) is 23.1. The first-order valence-corrected chi connectivity index (χ1v) is 9.66. The Hall–Kier alpha value is -3.67. The van der Waals surface area contributed by atoms with Gasteiger partial charge >= 0.3 is 0 Å². The SMILES string of the molecule is Cc1ccc(-c2ccc(-c3ccc(CF)cc3)c(F)c2)cc1.FOc1ccc(F)c(F)c1. The van der Waals surface area contributed by atoms with Crippen LogP contribution in [0.2, 0.25) is 0 Å². The van der Waals surface area contributed by atoms with E-state index in [1.165, 1.54) is 5.56 Å². The van der Waals surface area contributed by atoms with Crippen LogP contribution in [0.3, 0.4) is 0 Å². The van der Waals surface area contributed by atoms with E-state index < -0.39 is 18.3 Å². The molecular weight excluding hydrogens is 423 g/mol. The third kappa shape index (κ3) is 5.72. The Morgan fingerprint density at radius 3 is 1.81 bits per heavy atom. The van der Waals surface area contributed by atoms with Crippen molar-refractivity contribution in [3.63, 3.8) is 0 Å². The summed E-state index contributed by atoms with van der Waals surface area (Å²) in [4.78, 5) is 3.14. The average Bonchev–Trinajstić information content (AvgIpc) is 2.82. The van der Waals surface area contributed by atoms with Crippen LogP contribution >= 0.6 is 0 Å². The zero-order valence-corrected chi connectivity index (χ0v) is 17.1. The maximum absolute atomic E-state index is 14.4. The topological polar surface area (TPSA) is 9.23 Å². The van der Waals surface area contributed by atoms with Gasteiger partial charge in [-0.2, -0.15) is 0 Å². The van der Waals surface area contributed by atoms with Gasteiger partial charge < -0.3 is 0 Å². The molecule has 32 heavy (non-hydrogen) atoms. The predicted octanol–water partition coefficient (Wildman–Crippen LogP) is 8.17. The minimum absolute atomic E-state index is 0.272. The first kappa shape index (κ1) is 23.0. The molecule has 0 aromatic heterocycles. The number of halogens is 5. The van der Waals surface area contributed by atoms with Gasteiger partial charge in [-0.3, -0.25) is 4.94 Å². The number of benzene rings is 4. The molecule has 1 nitrogen and oxygen atoms in total. The van der Waals surface area contributed by atoms with Crippen LogP contribution in [-0.2, 0) is 6.67 Å². The molecule has 0 atom stereocenters. The number of aryl methyl sites for hydroxylation is 1. The molecular formula is C26H19F5O. The largest absolute Gasteiger partial charge is 0.294 e. The van der Waals surface area contributed by atoms with E-state index in [1.807, 2.05) is 37.3 Å². The van der Waals surface area contributed by atoms with Gasteiger partial charge in [-0.05, 0) is 47.4 Å². The summed E-state index contributed by atoms with van der Waals surface area (Å²) in [6, 6.07) is 22.5. The van der Waals surface area contributed by atoms with Crippen LogP contribution in [0, 0.1) is 24.4 Å². The Bertz CT molecular complexity index is 1170. The van der Waals surface area contributed by atoms with Crippen molar-refractivity contribution in [2.75, 3.05) is 0 Å². The molecule has 0 radical (unpaired) electrons. The van der Waals surface area contributed by atoms with Crippen LogP contribution in [0.15, 0.2) is 84.9 Å². The number of hydrogen-bond acceptors (Lipinski definition) is 1. The lowest BCUT2D eigenvalue weighted by atomic mass is 9.98. The molecule has 0 saturated heterocycles. The average molecular weight is 442 g/mol. The number of rotatable bonds is 4. The van der Waals surface area contributed by atoms with Crippen LogP contribution in [0.4, 0.5) is 22.1 Å².